The number of hydrogen-bond donors (Lipinski definition) is 2. The van der Waals surface area contributed by atoms with Gasteiger partial charge < -0.3 is 20.7 Å². The van der Waals surface area contributed by atoms with Crippen LogP contribution in [0, 0.1) is 5.21 Å². The van der Waals surface area contributed by atoms with E-state index in [9.17, 15) is 10.0 Å². The Kier molecular flexibility index (Phi) is 12.7. The summed E-state index contributed by atoms with van der Waals surface area (Å²) in [5.41, 5.74) is 7.19. The summed E-state index contributed by atoms with van der Waals surface area (Å²) in [4.78, 5) is 10.7. The first kappa shape index (κ1) is 24.2. The van der Waals surface area contributed by atoms with Crippen LogP contribution in [0.3, 0.4) is 0 Å². The lowest BCUT2D eigenvalue weighted by atomic mass is 9.96. The third kappa shape index (κ3) is 7.04. The predicted molar refractivity (Wildman–Crippen MR) is 94.9 cm³/mol. The fourth-order valence-corrected chi connectivity index (χ4v) is 2.77. The largest absolute Gasteiger partial charge is 0.628 e. The molecule has 0 aromatic rings. The van der Waals surface area contributed by atoms with Gasteiger partial charge in [-0.25, -0.2) is 0 Å². The van der Waals surface area contributed by atoms with E-state index in [4.69, 9.17) is 34.0 Å². The molecule has 9 heteroatoms. The molecule has 1 atom stereocenters. The fourth-order valence-electron chi connectivity index (χ4n) is 2.22. The number of aliphatic carboxylic acids is 1. The van der Waals surface area contributed by atoms with Gasteiger partial charge in [0.15, 0.2) is 0 Å². The second kappa shape index (κ2) is 11.5. The first-order valence-corrected chi connectivity index (χ1v) is 7.57. The number of hydrogen-bond acceptors (Lipinski definition) is 3. The molecule has 0 aliphatic heterocycles. The zero-order valence-corrected chi connectivity index (χ0v) is 15.2. The number of hydroxylamine groups is 3. The predicted octanol–water partition coefficient (Wildman–Crippen LogP) is 3.03. The van der Waals surface area contributed by atoms with Crippen molar-refractivity contribution >= 4 is 54.0 Å². The molecule has 0 spiro atoms. The monoisotopic (exact) mass is 394 g/mol. The highest BCUT2D eigenvalue weighted by atomic mass is 35.5. The van der Waals surface area contributed by atoms with Crippen molar-refractivity contribution in [1.29, 1.82) is 0 Å². The van der Waals surface area contributed by atoms with Crippen molar-refractivity contribution in [2.45, 2.75) is 25.3 Å². The van der Waals surface area contributed by atoms with Gasteiger partial charge in [0.25, 0.3) is 0 Å². The molecular weight excluding hydrogens is 374 g/mol. The number of carboxylic acid groups (broad SMARTS) is 1. The van der Waals surface area contributed by atoms with Crippen molar-refractivity contribution in [2.75, 3.05) is 24.8 Å². The van der Waals surface area contributed by atoms with Crippen LogP contribution in [0.4, 0.5) is 0 Å². The smallest absolute Gasteiger partial charge is 0.320 e. The number of rotatable bonds is 8. The van der Waals surface area contributed by atoms with Crippen LogP contribution >= 0.6 is 48.0 Å². The minimum absolute atomic E-state index is 0. The van der Waals surface area contributed by atoms with Gasteiger partial charge in [0, 0.05) is 6.42 Å². The second-order valence-corrected chi connectivity index (χ2v) is 5.60. The molecular formula is C13H22Cl4N2O3. The molecule has 1 rings (SSSR count). The number of allylic oxidation sites excluding steroid dienone is 3. The number of quaternary nitrogens is 1. The van der Waals surface area contributed by atoms with Gasteiger partial charge in [-0.3, -0.25) is 4.79 Å². The van der Waals surface area contributed by atoms with Crippen LogP contribution in [0.5, 0.6) is 0 Å². The lowest BCUT2D eigenvalue weighted by molar-refractivity contribution is -0.839. The van der Waals surface area contributed by atoms with E-state index in [1.165, 1.54) is 0 Å². The molecule has 22 heavy (non-hydrogen) atoms. The number of carboxylic acids is 1. The van der Waals surface area contributed by atoms with Gasteiger partial charge in [0.1, 0.15) is 11.7 Å². The molecule has 130 valence electrons. The Labute approximate surface area is 153 Å². The highest BCUT2D eigenvalue weighted by Gasteiger charge is 2.25. The van der Waals surface area contributed by atoms with Gasteiger partial charge in [0.2, 0.25) is 0 Å². The molecule has 0 fully saturated rings. The number of nitrogens with two attached hydrogens (primary N) is 1. The Morgan fingerprint density at radius 3 is 2.18 bits per heavy atom. The number of nitrogens with zero attached hydrogens (tertiary/aromatic N) is 1. The summed E-state index contributed by atoms with van der Waals surface area (Å²) >= 11 is 11.4. The first-order chi connectivity index (χ1) is 9.42. The van der Waals surface area contributed by atoms with Gasteiger partial charge in [-0.1, -0.05) is 11.6 Å². The number of carbonyl (C=O) groups is 1. The lowest BCUT2D eigenvalue weighted by Crippen LogP contribution is -2.44. The molecule has 0 aromatic carbocycles. The maximum atomic E-state index is 12.6. The SMILES string of the molecule is Cl.Cl.NC(CC1=CC=C([N+]([O-])(CCCl)CCCl)CC1)C(=O)O. The van der Waals surface area contributed by atoms with Crippen LogP contribution in [0.2, 0.25) is 0 Å². The molecule has 1 unspecified atom stereocenters. The molecule has 3 N–H and O–H groups in total. The topological polar surface area (TPSA) is 86.4 Å². The summed E-state index contributed by atoms with van der Waals surface area (Å²) in [6.07, 6.45) is 5.12. The van der Waals surface area contributed by atoms with Crippen LogP contribution in [-0.4, -0.2) is 46.6 Å². The summed E-state index contributed by atoms with van der Waals surface area (Å²) < 4.78 is -0.498. The molecule has 0 saturated heterocycles. The van der Waals surface area contributed by atoms with Crippen molar-refractivity contribution < 1.29 is 14.5 Å². The first-order valence-electron chi connectivity index (χ1n) is 6.50. The molecule has 0 saturated carbocycles. The Bertz CT molecular complexity index is 410. The van der Waals surface area contributed by atoms with Crippen LogP contribution < -0.4 is 5.73 Å². The molecule has 1 aliphatic carbocycles. The Morgan fingerprint density at radius 1 is 1.27 bits per heavy atom. The normalized spacial score (nSPS) is 15.8. The summed E-state index contributed by atoms with van der Waals surface area (Å²) in [7, 11) is 0. The van der Waals surface area contributed by atoms with E-state index < -0.39 is 16.7 Å². The van der Waals surface area contributed by atoms with Crippen molar-refractivity contribution in [3.63, 3.8) is 0 Å². The van der Waals surface area contributed by atoms with Crippen molar-refractivity contribution in [1.82, 2.24) is 0 Å². The van der Waals surface area contributed by atoms with Crippen molar-refractivity contribution in [3.05, 3.63) is 28.6 Å². The summed E-state index contributed by atoms with van der Waals surface area (Å²) in [5, 5.41) is 21.4. The molecule has 0 radical (unpaired) electrons. The van der Waals surface area contributed by atoms with Gasteiger partial charge in [-0.15, -0.1) is 48.0 Å². The Morgan fingerprint density at radius 2 is 1.82 bits per heavy atom. The van der Waals surface area contributed by atoms with E-state index in [-0.39, 0.29) is 49.7 Å². The van der Waals surface area contributed by atoms with Gasteiger partial charge in [0.05, 0.1) is 24.8 Å². The Hall–Kier alpha value is -0.0100. The standard InChI is InChI=1S/C13H20Cl2N2O3.2ClH/c14-5-7-17(20,8-6-15)11-3-1-10(2-4-11)9-12(16)13(18)19;;/h1,3,12H,2,4-9,16H2,(H,18,19);2*1H. The highest BCUT2D eigenvalue weighted by molar-refractivity contribution is 6.18. The van der Waals surface area contributed by atoms with E-state index in [1.54, 1.807) is 12.2 Å². The zero-order valence-electron chi connectivity index (χ0n) is 12.0. The minimum Gasteiger partial charge on any atom is -0.628 e. The molecule has 0 amide bonds. The number of alkyl halides is 2. The van der Waals surface area contributed by atoms with Crippen LogP contribution in [0.25, 0.3) is 0 Å². The average molecular weight is 396 g/mol. The molecule has 0 aromatic heterocycles. The van der Waals surface area contributed by atoms with E-state index >= 15 is 0 Å². The van der Waals surface area contributed by atoms with E-state index in [0.29, 0.717) is 19.3 Å². The van der Waals surface area contributed by atoms with Gasteiger partial charge in [-0.2, -0.15) is 0 Å². The highest BCUT2D eigenvalue weighted by Crippen LogP contribution is 2.28. The van der Waals surface area contributed by atoms with E-state index in [2.05, 4.69) is 0 Å². The third-order valence-electron chi connectivity index (χ3n) is 3.43. The molecule has 5 nitrogen and oxygen atoms in total. The lowest BCUT2D eigenvalue weighted by Gasteiger charge is -2.44. The van der Waals surface area contributed by atoms with Gasteiger partial charge in [-0.05, 0) is 18.9 Å². The van der Waals surface area contributed by atoms with Crippen LogP contribution in [0.15, 0.2) is 23.4 Å². The quantitative estimate of drug-likeness (QED) is 0.375. The maximum absolute atomic E-state index is 12.6. The average Bonchev–Trinajstić information content (AvgIpc) is 2.39. The second-order valence-electron chi connectivity index (χ2n) is 4.85. The Balaban J connectivity index is 0. The fraction of sp³-hybridized carbons (Fsp3) is 0.615. The van der Waals surface area contributed by atoms with Crippen molar-refractivity contribution in [3.8, 4) is 0 Å². The molecule has 0 heterocycles. The van der Waals surface area contributed by atoms with Crippen LogP contribution in [-0.2, 0) is 4.79 Å². The summed E-state index contributed by atoms with van der Waals surface area (Å²) in [5.74, 6) is -0.463. The summed E-state index contributed by atoms with van der Waals surface area (Å²) in [6.45, 7) is 0.579. The molecule has 1 aliphatic rings. The van der Waals surface area contributed by atoms with Crippen molar-refractivity contribution in [2.24, 2.45) is 5.73 Å². The number of halogens is 4. The summed E-state index contributed by atoms with van der Waals surface area (Å²) in [6, 6.07) is -0.895. The maximum Gasteiger partial charge on any atom is 0.320 e. The van der Waals surface area contributed by atoms with E-state index in [1.807, 2.05) is 0 Å². The van der Waals surface area contributed by atoms with Gasteiger partial charge >= 0.3 is 5.97 Å². The van der Waals surface area contributed by atoms with Crippen LogP contribution in [0.1, 0.15) is 19.3 Å². The molecule has 0 bridgehead atoms. The minimum atomic E-state index is -1.01. The van der Waals surface area contributed by atoms with E-state index in [0.717, 1.165) is 11.3 Å². The zero-order chi connectivity index (χ0) is 15.2. The third-order valence-corrected chi connectivity index (χ3v) is 3.77.